The molecule has 1 aliphatic rings. The van der Waals surface area contributed by atoms with Crippen LogP contribution in [-0.4, -0.2) is 32.6 Å². The summed E-state index contributed by atoms with van der Waals surface area (Å²) in [6, 6.07) is 1.35. The first kappa shape index (κ1) is 12.3. The van der Waals surface area contributed by atoms with Crippen LogP contribution in [0.4, 0.5) is 0 Å². The third-order valence-electron chi connectivity index (χ3n) is 3.26. The molecule has 1 unspecified atom stereocenters. The monoisotopic (exact) mass is 250 g/mol. The van der Waals surface area contributed by atoms with Gasteiger partial charge in [-0.05, 0) is 31.7 Å². The second-order valence-corrected chi connectivity index (χ2v) is 4.63. The predicted molar refractivity (Wildman–Crippen MR) is 62.1 cm³/mol. The zero-order valence-corrected chi connectivity index (χ0v) is 9.88. The number of hydrogen-bond acceptors (Lipinski definition) is 4. The summed E-state index contributed by atoms with van der Waals surface area (Å²) in [7, 11) is 0. The van der Waals surface area contributed by atoms with Crippen molar-refractivity contribution >= 4 is 11.9 Å². The Bertz CT molecular complexity index is 499. The lowest BCUT2D eigenvalue weighted by molar-refractivity contribution is -0.144. The van der Waals surface area contributed by atoms with Crippen molar-refractivity contribution in [3.05, 3.63) is 24.0 Å². The number of pyridine rings is 1. The molecule has 6 nitrogen and oxygen atoms in total. The number of nitrogens with one attached hydrogen (secondary N) is 1. The molecule has 1 saturated carbocycles. The molecule has 1 aromatic heterocycles. The number of aromatic hydroxyl groups is 1. The Labute approximate surface area is 104 Å². The van der Waals surface area contributed by atoms with Crippen molar-refractivity contribution in [1.29, 1.82) is 0 Å². The van der Waals surface area contributed by atoms with Crippen LogP contribution in [0, 0.1) is 5.92 Å². The van der Waals surface area contributed by atoms with E-state index < -0.39 is 17.4 Å². The highest BCUT2D eigenvalue weighted by Gasteiger charge is 2.48. The van der Waals surface area contributed by atoms with Gasteiger partial charge in [-0.3, -0.25) is 9.78 Å². The zero-order chi connectivity index (χ0) is 13.3. The van der Waals surface area contributed by atoms with Gasteiger partial charge in [-0.25, -0.2) is 4.79 Å². The highest BCUT2D eigenvalue weighted by molar-refractivity contribution is 5.99. The van der Waals surface area contributed by atoms with E-state index in [0.717, 1.165) is 19.0 Å². The molecule has 1 aliphatic carbocycles. The Balaban J connectivity index is 2.20. The van der Waals surface area contributed by atoms with Crippen LogP contribution in [0.3, 0.4) is 0 Å². The highest BCUT2D eigenvalue weighted by atomic mass is 16.4. The van der Waals surface area contributed by atoms with Crippen LogP contribution >= 0.6 is 0 Å². The Hall–Kier alpha value is -2.11. The summed E-state index contributed by atoms with van der Waals surface area (Å²) in [6.07, 6.45) is 4.07. The first-order valence-electron chi connectivity index (χ1n) is 5.64. The van der Waals surface area contributed by atoms with Gasteiger partial charge in [0, 0.05) is 6.20 Å². The summed E-state index contributed by atoms with van der Waals surface area (Å²) in [5.74, 6) is -1.99. The van der Waals surface area contributed by atoms with Gasteiger partial charge in [-0.15, -0.1) is 0 Å². The van der Waals surface area contributed by atoms with Crippen LogP contribution in [0.15, 0.2) is 18.5 Å². The topological polar surface area (TPSA) is 99.5 Å². The third kappa shape index (κ3) is 2.13. The molecule has 0 aliphatic heterocycles. The van der Waals surface area contributed by atoms with Crippen LogP contribution in [0.5, 0.6) is 5.75 Å². The number of carbonyl (C=O) groups is 2. The van der Waals surface area contributed by atoms with Crippen molar-refractivity contribution in [2.75, 3.05) is 0 Å². The van der Waals surface area contributed by atoms with E-state index in [0.29, 0.717) is 0 Å². The zero-order valence-electron chi connectivity index (χ0n) is 9.88. The normalized spacial score (nSPS) is 17.8. The number of rotatable bonds is 4. The second kappa shape index (κ2) is 4.29. The number of aromatic nitrogens is 1. The summed E-state index contributed by atoms with van der Waals surface area (Å²) >= 11 is 0. The van der Waals surface area contributed by atoms with E-state index in [9.17, 15) is 19.8 Å². The molecule has 3 N–H and O–H groups in total. The molecule has 0 saturated heterocycles. The molecule has 0 bridgehead atoms. The van der Waals surface area contributed by atoms with E-state index >= 15 is 0 Å². The number of carboxylic acids is 1. The van der Waals surface area contributed by atoms with Crippen LogP contribution in [0.25, 0.3) is 0 Å². The summed E-state index contributed by atoms with van der Waals surface area (Å²) in [6.45, 7) is 1.49. The average Bonchev–Trinajstić information content (AvgIpc) is 3.13. The SMILES string of the molecule is CC(NC(=O)c1ccncc1O)(C(=O)O)C1CC1. The molecule has 96 valence electrons. The molecule has 1 amide bonds. The number of carbonyl (C=O) groups excluding carboxylic acids is 1. The molecular weight excluding hydrogens is 236 g/mol. The van der Waals surface area contributed by atoms with Gasteiger partial charge in [-0.2, -0.15) is 0 Å². The van der Waals surface area contributed by atoms with Gasteiger partial charge in [0.05, 0.1) is 11.8 Å². The summed E-state index contributed by atoms with van der Waals surface area (Å²) in [5, 5.41) is 21.2. The molecule has 1 aromatic rings. The number of hydrogen-bond donors (Lipinski definition) is 3. The Morgan fingerprint density at radius 3 is 2.67 bits per heavy atom. The quantitative estimate of drug-likeness (QED) is 0.733. The van der Waals surface area contributed by atoms with E-state index in [1.54, 1.807) is 0 Å². The molecule has 0 aromatic carbocycles. The second-order valence-electron chi connectivity index (χ2n) is 4.63. The number of carboxylic acid groups (broad SMARTS) is 1. The maximum Gasteiger partial charge on any atom is 0.329 e. The Kier molecular flexibility index (Phi) is 2.94. The fourth-order valence-corrected chi connectivity index (χ4v) is 1.87. The standard InChI is InChI=1S/C12H14N2O4/c1-12(11(17)18,7-2-3-7)14-10(16)8-4-5-13-6-9(8)15/h4-7,15H,2-3H2,1H3,(H,14,16)(H,17,18). The average molecular weight is 250 g/mol. The molecule has 1 fully saturated rings. The molecule has 1 atom stereocenters. The van der Waals surface area contributed by atoms with Gasteiger partial charge < -0.3 is 15.5 Å². The first-order valence-corrected chi connectivity index (χ1v) is 5.64. The van der Waals surface area contributed by atoms with Crippen molar-refractivity contribution in [1.82, 2.24) is 10.3 Å². The Morgan fingerprint density at radius 1 is 1.50 bits per heavy atom. The first-order chi connectivity index (χ1) is 8.45. The van der Waals surface area contributed by atoms with Crippen LogP contribution in [0.1, 0.15) is 30.1 Å². The fourth-order valence-electron chi connectivity index (χ4n) is 1.87. The van der Waals surface area contributed by atoms with Crippen molar-refractivity contribution in [3.63, 3.8) is 0 Å². The minimum atomic E-state index is -1.28. The van der Waals surface area contributed by atoms with E-state index in [4.69, 9.17) is 0 Å². The van der Waals surface area contributed by atoms with Gasteiger partial charge >= 0.3 is 5.97 Å². The molecular formula is C12H14N2O4. The van der Waals surface area contributed by atoms with Crippen LogP contribution < -0.4 is 5.32 Å². The van der Waals surface area contributed by atoms with Crippen molar-refractivity contribution in [2.24, 2.45) is 5.92 Å². The van der Waals surface area contributed by atoms with Gasteiger partial charge in [0.25, 0.3) is 5.91 Å². The van der Waals surface area contributed by atoms with E-state index in [1.807, 2.05) is 0 Å². The third-order valence-corrected chi connectivity index (χ3v) is 3.26. The predicted octanol–water partition coefficient (Wildman–Crippen LogP) is 0.770. The number of amides is 1. The van der Waals surface area contributed by atoms with E-state index in [2.05, 4.69) is 10.3 Å². The molecule has 2 rings (SSSR count). The van der Waals surface area contributed by atoms with Crippen molar-refractivity contribution in [2.45, 2.75) is 25.3 Å². The minimum Gasteiger partial charge on any atom is -0.505 e. The molecule has 1 heterocycles. The lowest BCUT2D eigenvalue weighted by atomic mass is 9.95. The summed E-state index contributed by atoms with van der Waals surface area (Å²) in [5.41, 5.74) is -1.26. The van der Waals surface area contributed by atoms with Gasteiger partial charge in [0.1, 0.15) is 11.3 Å². The molecule has 18 heavy (non-hydrogen) atoms. The van der Waals surface area contributed by atoms with Gasteiger partial charge in [0.15, 0.2) is 0 Å². The largest absolute Gasteiger partial charge is 0.505 e. The van der Waals surface area contributed by atoms with Crippen LogP contribution in [-0.2, 0) is 4.79 Å². The highest BCUT2D eigenvalue weighted by Crippen LogP contribution is 2.40. The van der Waals surface area contributed by atoms with E-state index in [-0.39, 0.29) is 17.2 Å². The number of aliphatic carboxylic acids is 1. The lowest BCUT2D eigenvalue weighted by Gasteiger charge is -2.26. The van der Waals surface area contributed by atoms with Crippen molar-refractivity contribution < 1.29 is 19.8 Å². The van der Waals surface area contributed by atoms with Crippen molar-refractivity contribution in [3.8, 4) is 5.75 Å². The minimum absolute atomic E-state index is 0.0260. The molecule has 0 radical (unpaired) electrons. The molecule has 0 spiro atoms. The lowest BCUT2D eigenvalue weighted by Crippen LogP contribution is -2.54. The maximum atomic E-state index is 12.0. The van der Waals surface area contributed by atoms with Gasteiger partial charge in [0.2, 0.25) is 0 Å². The smallest absolute Gasteiger partial charge is 0.329 e. The van der Waals surface area contributed by atoms with E-state index in [1.165, 1.54) is 19.2 Å². The number of nitrogens with zero attached hydrogens (tertiary/aromatic N) is 1. The fraction of sp³-hybridized carbons (Fsp3) is 0.417. The van der Waals surface area contributed by atoms with Crippen LogP contribution in [0.2, 0.25) is 0 Å². The van der Waals surface area contributed by atoms with Gasteiger partial charge in [-0.1, -0.05) is 0 Å². The summed E-state index contributed by atoms with van der Waals surface area (Å²) < 4.78 is 0. The summed E-state index contributed by atoms with van der Waals surface area (Å²) in [4.78, 5) is 26.9. The molecule has 6 heteroatoms. The maximum absolute atomic E-state index is 12.0. The Morgan fingerprint density at radius 2 is 2.17 bits per heavy atom.